The Morgan fingerprint density at radius 2 is 1.90 bits per heavy atom. The van der Waals surface area contributed by atoms with E-state index in [0.29, 0.717) is 15.9 Å². The highest BCUT2D eigenvalue weighted by Crippen LogP contribution is 2.22. The largest absolute Gasteiger partial charge is 0.378 e. The summed E-state index contributed by atoms with van der Waals surface area (Å²) in [6.45, 7) is 0. The molecule has 0 saturated carbocycles. The van der Waals surface area contributed by atoms with Crippen molar-refractivity contribution in [1.82, 2.24) is 4.98 Å². The highest BCUT2D eigenvalue weighted by molar-refractivity contribution is 6.35. The molecule has 1 aromatic heterocycles. The number of nitrogens with one attached hydrogen (secondary N) is 1. The quantitative estimate of drug-likeness (QED) is 0.688. The maximum absolute atomic E-state index is 5.98. The summed E-state index contributed by atoms with van der Waals surface area (Å²) in [6, 6.07) is 9.62. The minimum atomic E-state index is 0.428. The molecule has 0 aliphatic rings. The molecule has 0 aliphatic carbocycles. The SMILES string of the molecule is CN(C)c1ccc(C=NNc2ncc(Cl)cc2Cl)cc1. The van der Waals surface area contributed by atoms with Gasteiger partial charge in [-0.3, -0.25) is 5.43 Å². The van der Waals surface area contributed by atoms with Gasteiger partial charge in [0.15, 0.2) is 5.82 Å². The fourth-order valence-electron chi connectivity index (χ4n) is 1.52. The molecule has 0 fully saturated rings. The predicted octanol–water partition coefficient (Wildman–Crippen LogP) is 3.90. The second-order valence-corrected chi connectivity index (χ2v) is 5.18. The number of anilines is 2. The van der Waals surface area contributed by atoms with Gasteiger partial charge in [0, 0.05) is 26.0 Å². The van der Waals surface area contributed by atoms with E-state index < -0.39 is 0 Å². The summed E-state index contributed by atoms with van der Waals surface area (Å²) >= 11 is 11.7. The molecular weight excluding hydrogens is 295 g/mol. The molecule has 0 aliphatic heterocycles. The van der Waals surface area contributed by atoms with E-state index in [2.05, 4.69) is 15.5 Å². The molecule has 6 heteroatoms. The van der Waals surface area contributed by atoms with Crippen LogP contribution in [-0.2, 0) is 0 Å². The van der Waals surface area contributed by atoms with E-state index in [1.54, 1.807) is 12.3 Å². The lowest BCUT2D eigenvalue weighted by molar-refractivity contribution is 1.13. The summed E-state index contributed by atoms with van der Waals surface area (Å²) in [7, 11) is 4.00. The van der Waals surface area contributed by atoms with Crippen molar-refractivity contribution < 1.29 is 0 Å². The fraction of sp³-hybridized carbons (Fsp3) is 0.143. The lowest BCUT2D eigenvalue weighted by Crippen LogP contribution is -2.08. The molecular formula is C14H14Cl2N4. The van der Waals surface area contributed by atoms with E-state index in [-0.39, 0.29) is 0 Å². The Kier molecular flexibility index (Phi) is 4.82. The minimum Gasteiger partial charge on any atom is -0.378 e. The minimum absolute atomic E-state index is 0.428. The molecule has 0 bridgehead atoms. The summed E-state index contributed by atoms with van der Waals surface area (Å²) in [6.07, 6.45) is 3.21. The molecule has 2 aromatic rings. The predicted molar refractivity (Wildman–Crippen MR) is 86.2 cm³/mol. The lowest BCUT2D eigenvalue weighted by Gasteiger charge is -2.11. The normalized spacial score (nSPS) is 10.8. The number of halogens is 2. The van der Waals surface area contributed by atoms with Crippen molar-refractivity contribution in [3.8, 4) is 0 Å². The zero-order valence-corrected chi connectivity index (χ0v) is 12.7. The van der Waals surface area contributed by atoms with Crippen LogP contribution in [0.15, 0.2) is 41.6 Å². The van der Waals surface area contributed by atoms with Gasteiger partial charge in [0.1, 0.15) is 0 Å². The van der Waals surface area contributed by atoms with Gasteiger partial charge in [0.2, 0.25) is 0 Å². The first-order valence-corrected chi connectivity index (χ1v) is 6.69. The van der Waals surface area contributed by atoms with Crippen LogP contribution in [0.2, 0.25) is 10.0 Å². The summed E-state index contributed by atoms with van der Waals surface area (Å²) < 4.78 is 0. The molecule has 0 radical (unpaired) electrons. The Morgan fingerprint density at radius 1 is 1.20 bits per heavy atom. The third-order valence-corrected chi connectivity index (χ3v) is 3.10. The highest BCUT2D eigenvalue weighted by Gasteiger charge is 2.00. The van der Waals surface area contributed by atoms with Gasteiger partial charge in [0.25, 0.3) is 0 Å². The Balaban J connectivity index is 2.02. The third-order valence-electron chi connectivity index (χ3n) is 2.60. The first kappa shape index (κ1) is 14.6. The van der Waals surface area contributed by atoms with Gasteiger partial charge < -0.3 is 4.90 Å². The summed E-state index contributed by atoms with van der Waals surface area (Å²) in [5, 5.41) is 5.02. The zero-order valence-electron chi connectivity index (χ0n) is 11.1. The van der Waals surface area contributed by atoms with Crippen molar-refractivity contribution in [2.75, 3.05) is 24.4 Å². The van der Waals surface area contributed by atoms with Crippen LogP contribution in [0.1, 0.15) is 5.56 Å². The van der Waals surface area contributed by atoms with Crippen LogP contribution in [-0.4, -0.2) is 25.3 Å². The van der Waals surface area contributed by atoms with Gasteiger partial charge >= 0.3 is 0 Å². The monoisotopic (exact) mass is 308 g/mol. The molecule has 0 spiro atoms. The summed E-state index contributed by atoms with van der Waals surface area (Å²) in [5.41, 5.74) is 4.90. The number of pyridine rings is 1. The number of benzene rings is 1. The molecule has 1 N–H and O–H groups in total. The fourth-order valence-corrected chi connectivity index (χ4v) is 1.95. The number of aromatic nitrogens is 1. The van der Waals surface area contributed by atoms with E-state index in [9.17, 15) is 0 Å². The maximum atomic E-state index is 5.98. The number of nitrogens with zero attached hydrogens (tertiary/aromatic N) is 3. The first-order valence-electron chi connectivity index (χ1n) is 5.94. The highest BCUT2D eigenvalue weighted by atomic mass is 35.5. The molecule has 0 unspecified atom stereocenters. The van der Waals surface area contributed by atoms with Gasteiger partial charge in [0.05, 0.1) is 16.3 Å². The van der Waals surface area contributed by atoms with Crippen LogP contribution in [0, 0.1) is 0 Å². The van der Waals surface area contributed by atoms with Crippen LogP contribution >= 0.6 is 23.2 Å². The average Bonchev–Trinajstić information content (AvgIpc) is 2.42. The van der Waals surface area contributed by atoms with Crippen LogP contribution < -0.4 is 10.3 Å². The van der Waals surface area contributed by atoms with Crippen molar-refractivity contribution in [3.63, 3.8) is 0 Å². The van der Waals surface area contributed by atoms with Crippen LogP contribution in [0.4, 0.5) is 11.5 Å². The summed E-state index contributed by atoms with van der Waals surface area (Å²) in [4.78, 5) is 6.09. The average molecular weight is 309 g/mol. The Morgan fingerprint density at radius 3 is 2.50 bits per heavy atom. The molecule has 1 heterocycles. The van der Waals surface area contributed by atoms with E-state index >= 15 is 0 Å². The number of hydrogen-bond acceptors (Lipinski definition) is 4. The van der Waals surface area contributed by atoms with E-state index in [4.69, 9.17) is 23.2 Å². The maximum Gasteiger partial charge on any atom is 0.165 e. The van der Waals surface area contributed by atoms with Gasteiger partial charge in [-0.1, -0.05) is 35.3 Å². The standard InChI is InChI=1S/C14H14Cl2N4/c1-20(2)12-5-3-10(4-6-12)8-18-19-14-13(16)7-11(15)9-17-14/h3-9H,1-2H3,(H,17,19). The smallest absolute Gasteiger partial charge is 0.165 e. The van der Waals surface area contributed by atoms with Gasteiger partial charge in [-0.15, -0.1) is 0 Å². The molecule has 104 valence electrons. The third kappa shape index (κ3) is 3.85. The van der Waals surface area contributed by atoms with E-state index in [0.717, 1.165) is 11.3 Å². The Bertz CT molecular complexity index is 609. The van der Waals surface area contributed by atoms with Crippen LogP contribution in [0.25, 0.3) is 0 Å². The van der Waals surface area contributed by atoms with E-state index in [1.807, 2.05) is 43.3 Å². The van der Waals surface area contributed by atoms with Crippen LogP contribution in [0.3, 0.4) is 0 Å². The first-order chi connectivity index (χ1) is 9.56. The molecule has 2 rings (SSSR count). The second-order valence-electron chi connectivity index (χ2n) is 4.34. The topological polar surface area (TPSA) is 40.5 Å². The van der Waals surface area contributed by atoms with Crippen molar-refractivity contribution in [2.45, 2.75) is 0 Å². The Hall–Kier alpha value is -1.78. The molecule has 0 saturated heterocycles. The van der Waals surface area contributed by atoms with Crippen molar-refractivity contribution in [2.24, 2.45) is 5.10 Å². The number of rotatable bonds is 4. The van der Waals surface area contributed by atoms with E-state index in [1.165, 1.54) is 6.20 Å². The number of hydrazone groups is 1. The van der Waals surface area contributed by atoms with Crippen molar-refractivity contribution >= 4 is 40.9 Å². The zero-order chi connectivity index (χ0) is 14.5. The van der Waals surface area contributed by atoms with Gasteiger partial charge in [-0.2, -0.15) is 5.10 Å². The second kappa shape index (κ2) is 6.59. The molecule has 0 amide bonds. The molecule has 0 atom stereocenters. The molecule has 20 heavy (non-hydrogen) atoms. The van der Waals surface area contributed by atoms with Crippen LogP contribution in [0.5, 0.6) is 0 Å². The lowest BCUT2D eigenvalue weighted by atomic mass is 10.2. The van der Waals surface area contributed by atoms with Crippen molar-refractivity contribution in [3.05, 3.63) is 52.1 Å². The number of hydrogen-bond donors (Lipinski definition) is 1. The van der Waals surface area contributed by atoms with Gasteiger partial charge in [-0.25, -0.2) is 4.98 Å². The molecule has 4 nitrogen and oxygen atoms in total. The molecule has 1 aromatic carbocycles. The summed E-state index contributed by atoms with van der Waals surface area (Å²) in [5.74, 6) is 0.470. The van der Waals surface area contributed by atoms with Gasteiger partial charge in [-0.05, 0) is 23.8 Å². The van der Waals surface area contributed by atoms with Crippen molar-refractivity contribution in [1.29, 1.82) is 0 Å². The Labute approximate surface area is 128 Å².